The van der Waals surface area contributed by atoms with E-state index in [1.165, 1.54) is 16.9 Å². The Kier molecular flexibility index (Phi) is 6.62. The van der Waals surface area contributed by atoms with Crippen LogP contribution in [0.1, 0.15) is 22.3 Å². The van der Waals surface area contributed by atoms with Crippen LogP contribution in [0.25, 0.3) is 10.2 Å². The molecule has 2 aromatic heterocycles. The lowest BCUT2D eigenvalue weighted by molar-refractivity contribution is 0.0985. The molecule has 3 heterocycles. The predicted octanol–water partition coefficient (Wildman–Crippen LogP) is 4.73. The van der Waals surface area contributed by atoms with Crippen molar-refractivity contribution in [1.29, 1.82) is 0 Å². The Morgan fingerprint density at radius 3 is 2.81 bits per heavy atom. The number of fused-ring (bicyclic) bond motifs is 2. The molecule has 0 N–H and O–H groups in total. The topological polar surface area (TPSA) is 69.5 Å². The third-order valence-corrected chi connectivity index (χ3v) is 6.20. The summed E-state index contributed by atoms with van der Waals surface area (Å²) in [6.07, 6.45) is 6.25. The largest absolute Gasteiger partial charge is 0.486 e. The van der Waals surface area contributed by atoms with Gasteiger partial charge in [-0.05, 0) is 49.2 Å². The van der Waals surface area contributed by atoms with Gasteiger partial charge in [0.1, 0.15) is 13.2 Å². The van der Waals surface area contributed by atoms with Gasteiger partial charge in [0.15, 0.2) is 16.6 Å². The average molecular weight is 471 g/mol. The van der Waals surface area contributed by atoms with Crippen molar-refractivity contribution >= 4 is 45.0 Å². The summed E-state index contributed by atoms with van der Waals surface area (Å²) in [6.45, 7) is 4.38. The molecule has 0 atom stereocenters. The number of carbonyl (C=O) groups excluding carboxylic acids is 1. The minimum atomic E-state index is -0.0987. The van der Waals surface area contributed by atoms with Crippen LogP contribution in [-0.4, -0.2) is 40.2 Å². The third-order valence-electron chi connectivity index (χ3n) is 5.16. The van der Waals surface area contributed by atoms with E-state index in [-0.39, 0.29) is 18.3 Å². The molecule has 0 saturated heterocycles. The molecule has 1 aliphatic rings. The second-order valence-electron chi connectivity index (χ2n) is 7.44. The molecule has 7 nitrogen and oxygen atoms in total. The van der Waals surface area contributed by atoms with Gasteiger partial charge in [0.05, 0.1) is 16.5 Å². The maximum absolute atomic E-state index is 13.5. The van der Waals surface area contributed by atoms with Crippen molar-refractivity contribution < 1.29 is 14.3 Å². The molecule has 0 saturated carbocycles. The molecule has 0 spiro atoms. The number of benzene rings is 2. The summed E-state index contributed by atoms with van der Waals surface area (Å²) in [5, 5.41) is 0.700. The Morgan fingerprint density at radius 1 is 1.16 bits per heavy atom. The summed E-state index contributed by atoms with van der Waals surface area (Å²) in [5.41, 5.74) is 2.63. The zero-order chi connectivity index (χ0) is 21.2. The van der Waals surface area contributed by atoms with Crippen molar-refractivity contribution in [2.75, 3.05) is 24.7 Å². The van der Waals surface area contributed by atoms with E-state index in [2.05, 4.69) is 18.0 Å². The van der Waals surface area contributed by atoms with Crippen molar-refractivity contribution in [3.63, 3.8) is 0 Å². The van der Waals surface area contributed by atoms with E-state index in [1.807, 2.05) is 22.9 Å². The zero-order valence-electron chi connectivity index (χ0n) is 17.6. The first-order chi connectivity index (χ1) is 15.2. The number of hydrogen-bond donors (Lipinski definition) is 0. The van der Waals surface area contributed by atoms with Crippen LogP contribution in [0.2, 0.25) is 0 Å². The van der Waals surface area contributed by atoms with Crippen molar-refractivity contribution in [2.45, 2.75) is 19.9 Å². The number of carbonyl (C=O) groups is 1. The van der Waals surface area contributed by atoms with Crippen molar-refractivity contribution in [3.05, 3.63) is 66.2 Å². The quantitative estimate of drug-likeness (QED) is 0.407. The molecular formula is C23H23ClN4O3S. The van der Waals surface area contributed by atoms with Gasteiger partial charge in [-0.2, -0.15) is 0 Å². The van der Waals surface area contributed by atoms with Gasteiger partial charge in [0.25, 0.3) is 5.91 Å². The summed E-state index contributed by atoms with van der Waals surface area (Å²) >= 11 is 1.54. The molecule has 0 bridgehead atoms. The predicted molar refractivity (Wildman–Crippen MR) is 128 cm³/mol. The number of imidazole rings is 1. The van der Waals surface area contributed by atoms with Gasteiger partial charge in [-0.1, -0.05) is 17.4 Å². The Bertz CT molecular complexity index is 1230. The lowest BCUT2D eigenvalue weighted by Gasteiger charge is -2.22. The molecule has 0 fully saturated rings. The number of nitrogens with zero attached hydrogens (tertiary/aromatic N) is 4. The molecule has 0 radical (unpaired) electrons. The van der Waals surface area contributed by atoms with E-state index in [0.717, 1.165) is 23.2 Å². The molecule has 2 aromatic carbocycles. The number of thiazole rings is 1. The molecule has 5 rings (SSSR count). The summed E-state index contributed by atoms with van der Waals surface area (Å²) in [6, 6.07) is 11.5. The SMILES string of the molecule is Cc1ccc2nc(N(CCCn3ccnc3)C(=O)c3ccc4c(c3)OCCO4)sc2c1.Cl. The van der Waals surface area contributed by atoms with Crippen LogP contribution < -0.4 is 14.4 Å². The summed E-state index contributed by atoms with van der Waals surface area (Å²) < 4.78 is 14.3. The van der Waals surface area contributed by atoms with Gasteiger partial charge in [0, 0.05) is 31.0 Å². The molecule has 1 aliphatic heterocycles. The first-order valence-electron chi connectivity index (χ1n) is 10.2. The number of aryl methyl sites for hydroxylation is 2. The van der Waals surface area contributed by atoms with E-state index >= 15 is 0 Å². The van der Waals surface area contributed by atoms with Crippen molar-refractivity contribution in [1.82, 2.24) is 14.5 Å². The van der Waals surface area contributed by atoms with Crippen LogP contribution in [0.15, 0.2) is 55.1 Å². The van der Waals surface area contributed by atoms with Crippen LogP contribution in [-0.2, 0) is 6.54 Å². The number of rotatable bonds is 6. The lowest BCUT2D eigenvalue weighted by Crippen LogP contribution is -2.32. The number of aromatic nitrogens is 3. The fraction of sp³-hybridized carbons (Fsp3) is 0.261. The number of halogens is 1. The fourth-order valence-electron chi connectivity index (χ4n) is 3.58. The van der Waals surface area contributed by atoms with E-state index in [9.17, 15) is 4.79 Å². The van der Waals surface area contributed by atoms with E-state index < -0.39 is 0 Å². The molecule has 0 aliphatic carbocycles. The highest BCUT2D eigenvalue weighted by molar-refractivity contribution is 7.22. The molecular weight excluding hydrogens is 448 g/mol. The smallest absolute Gasteiger partial charge is 0.260 e. The van der Waals surface area contributed by atoms with Crippen LogP contribution in [0.3, 0.4) is 0 Å². The summed E-state index contributed by atoms with van der Waals surface area (Å²) in [4.78, 5) is 24.1. The average Bonchev–Trinajstić information content (AvgIpc) is 3.45. The number of anilines is 1. The summed E-state index contributed by atoms with van der Waals surface area (Å²) in [7, 11) is 0. The van der Waals surface area contributed by atoms with Crippen LogP contribution in [0, 0.1) is 6.92 Å². The minimum absolute atomic E-state index is 0. The van der Waals surface area contributed by atoms with Gasteiger partial charge in [0.2, 0.25) is 0 Å². The first kappa shape index (κ1) is 22.1. The highest BCUT2D eigenvalue weighted by atomic mass is 35.5. The maximum atomic E-state index is 13.5. The normalized spacial score (nSPS) is 12.4. The second-order valence-corrected chi connectivity index (χ2v) is 8.45. The Morgan fingerprint density at radius 2 is 2.00 bits per heavy atom. The monoisotopic (exact) mass is 470 g/mol. The third kappa shape index (κ3) is 4.56. The second kappa shape index (κ2) is 9.58. The molecule has 166 valence electrons. The Balaban J connectivity index is 0.00000245. The molecule has 0 unspecified atom stereocenters. The minimum Gasteiger partial charge on any atom is -0.486 e. The van der Waals surface area contributed by atoms with Gasteiger partial charge < -0.3 is 14.0 Å². The maximum Gasteiger partial charge on any atom is 0.260 e. The zero-order valence-corrected chi connectivity index (χ0v) is 19.2. The van der Waals surface area contributed by atoms with Gasteiger partial charge in [-0.25, -0.2) is 9.97 Å². The van der Waals surface area contributed by atoms with E-state index in [0.29, 0.717) is 42.0 Å². The number of amides is 1. The molecule has 1 amide bonds. The highest BCUT2D eigenvalue weighted by Gasteiger charge is 2.23. The fourth-order valence-corrected chi connectivity index (χ4v) is 4.67. The van der Waals surface area contributed by atoms with Gasteiger partial charge >= 0.3 is 0 Å². The number of hydrogen-bond acceptors (Lipinski definition) is 6. The van der Waals surface area contributed by atoms with Gasteiger partial charge in [-0.3, -0.25) is 9.69 Å². The molecule has 4 aromatic rings. The van der Waals surface area contributed by atoms with E-state index in [1.54, 1.807) is 35.6 Å². The lowest BCUT2D eigenvalue weighted by atomic mass is 10.1. The first-order valence-corrected chi connectivity index (χ1v) is 11.0. The Labute approximate surface area is 196 Å². The molecule has 32 heavy (non-hydrogen) atoms. The van der Waals surface area contributed by atoms with Crippen LogP contribution >= 0.6 is 23.7 Å². The van der Waals surface area contributed by atoms with Crippen molar-refractivity contribution in [3.8, 4) is 11.5 Å². The van der Waals surface area contributed by atoms with Gasteiger partial charge in [-0.15, -0.1) is 12.4 Å². The molecule has 9 heteroatoms. The number of ether oxygens (including phenoxy) is 2. The summed E-state index contributed by atoms with van der Waals surface area (Å²) in [5.74, 6) is 1.18. The highest BCUT2D eigenvalue weighted by Crippen LogP contribution is 2.34. The van der Waals surface area contributed by atoms with Crippen LogP contribution in [0.5, 0.6) is 11.5 Å². The van der Waals surface area contributed by atoms with Crippen LogP contribution in [0.4, 0.5) is 5.13 Å². The standard InChI is InChI=1S/C23H22N4O3S.ClH/c1-16-3-5-18-21(13-16)31-23(25-18)27(9-2-8-26-10-7-24-15-26)22(28)17-4-6-19-20(14-17)30-12-11-29-19;/h3-7,10,13-15H,2,8-9,11-12H2,1H3;1H. The Hall–Kier alpha value is -3.10. The van der Waals surface area contributed by atoms with Crippen molar-refractivity contribution in [2.24, 2.45) is 0 Å². The van der Waals surface area contributed by atoms with E-state index in [4.69, 9.17) is 14.5 Å².